The first-order valence-electron chi connectivity index (χ1n) is 6.86. The molecule has 0 aliphatic carbocycles. The van der Waals surface area contributed by atoms with Crippen LogP contribution in [0.3, 0.4) is 0 Å². The molecule has 18 heavy (non-hydrogen) atoms. The quantitative estimate of drug-likeness (QED) is 0.697. The molecule has 2 rings (SSSR count). The van der Waals surface area contributed by atoms with Crippen molar-refractivity contribution in [3.05, 3.63) is 71.3 Å². The fourth-order valence-electron chi connectivity index (χ4n) is 2.11. The van der Waals surface area contributed by atoms with Crippen LogP contribution in [0.25, 0.3) is 0 Å². The van der Waals surface area contributed by atoms with Crippen molar-refractivity contribution >= 4 is 0 Å². The fraction of sp³-hybridized carbons (Fsp3) is 0.333. The van der Waals surface area contributed by atoms with Crippen LogP contribution in [-0.2, 0) is 12.8 Å². The average molecular weight is 238 g/mol. The Morgan fingerprint density at radius 2 is 1.28 bits per heavy atom. The lowest BCUT2D eigenvalue weighted by atomic mass is 9.99. The van der Waals surface area contributed by atoms with E-state index in [0.717, 1.165) is 12.3 Å². The molecule has 0 radical (unpaired) electrons. The summed E-state index contributed by atoms with van der Waals surface area (Å²) in [5, 5.41) is 0. The van der Waals surface area contributed by atoms with Crippen molar-refractivity contribution in [3.63, 3.8) is 0 Å². The van der Waals surface area contributed by atoms with E-state index in [1.54, 1.807) is 0 Å². The van der Waals surface area contributed by atoms with Crippen LogP contribution in [0.5, 0.6) is 0 Å². The molecule has 0 amide bonds. The van der Waals surface area contributed by atoms with E-state index >= 15 is 0 Å². The van der Waals surface area contributed by atoms with E-state index in [2.05, 4.69) is 68.4 Å². The Kier molecular flexibility index (Phi) is 4.58. The van der Waals surface area contributed by atoms with Gasteiger partial charge in [0, 0.05) is 0 Å². The van der Waals surface area contributed by atoms with Crippen LogP contribution in [0.1, 0.15) is 37.0 Å². The lowest BCUT2D eigenvalue weighted by Gasteiger charge is -2.06. The second-order valence-electron chi connectivity index (χ2n) is 5.41. The summed E-state index contributed by atoms with van der Waals surface area (Å²) in [5.41, 5.74) is 4.24. The Hall–Kier alpha value is -1.56. The molecular weight excluding hydrogens is 216 g/mol. The molecule has 0 heteroatoms. The second-order valence-corrected chi connectivity index (χ2v) is 5.41. The second kappa shape index (κ2) is 6.39. The first-order valence-corrected chi connectivity index (χ1v) is 6.86. The standard InChI is InChI=1S/C18H22/c1-15(2)8-9-16-10-12-18(13-11-16)14-17-6-4-3-5-7-17/h3-7,10-13,15H,8-9,14H2,1-2H3. The SMILES string of the molecule is CC(C)CCc1ccc(Cc2ccccc2)cc1. The lowest BCUT2D eigenvalue weighted by molar-refractivity contribution is 0.586. The fourth-order valence-corrected chi connectivity index (χ4v) is 2.11. The minimum atomic E-state index is 0.786. The topological polar surface area (TPSA) is 0 Å². The van der Waals surface area contributed by atoms with E-state index in [1.807, 2.05) is 0 Å². The van der Waals surface area contributed by atoms with E-state index in [9.17, 15) is 0 Å². The van der Waals surface area contributed by atoms with Gasteiger partial charge in [0.2, 0.25) is 0 Å². The van der Waals surface area contributed by atoms with Gasteiger partial charge in [-0.3, -0.25) is 0 Å². The minimum Gasteiger partial charge on any atom is -0.0628 e. The van der Waals surface area contributed by atoms with Crippen LogP contribution in [0.4, 0.5) is 0 Å². The average Bonchev–Trinajstić information content (AvgIpc) is 2.39. The highest BCUT2D eigenvalue weighted by molar-refractivity contribution is 5.28. The van der Waals surface area contributed by atoms with E-state index in [0.29, 0.717) is 0 Å². The number of hydrogen-bond donors (Lipinski definition) is 0. The molecule has 0 nitrogen and oxygen atoms in total. The van der Waals surface area contributed by atoms with Crippen LogP contribution < -0.4 is 0 Å². The van der Waals surface area contributed by atoms with Crippen LogP contribution in [0.2, 0.25) is 0 Å². The van der Waals surface area contributed by atoms with Gasteiger partial charge in [-0.15, -0.1) is 0 Å². The number of hydrogen-bond acceptors (Lipinski definition) is 0. The smallest absolute Gasteiger partial charge is 0.00258 e. The molecule has 0 unspecified atom stereocenters. The molecule has 94 valence electrons. The molecule has 0 bridgehead atoms. The van der Waals surface area contributed by atoms with Gasteiger partial charge in [-0.25, -0.2) is 0 Å². The van der Waals surface area contributed by atoms with Gasteiger partial charge in [0.25, 0.3) is 0 Å². The third kappa shape index (κ3) is 4.03. The van der Waals surface area contributed by atoms with Gasteiger partial charge in [0.05, 0.1) is 0 Å². The molecule has 0 saturated carbocycles. The molecule has 0 heterocycles. The summed E-state index contributed by atoms with van der Waals surface area (Å²) in [6.07, 6.45) is 3.51. The molecule has 0 aliphatic rings. The van der Waals surface area contributed by atoms with Crippen molar-refractivity contribution in [2.45, 2.75) is 33.1 Å². The maximum Gasteiger partial charge on any atom is -0.00258 e. The zero-order valence-electron chi connectivity index (χ0n) is 11.4. The third-order valence-corrected chi connectivity index (χ3v) is 3.28. The summed E-state index contributed by atoms with van der Waals surface area (Å²) < 4.78 is 0. The first kappa shape index (κ1) is 12.9. The molecule has 0 spiro atoms. The van der Waals surface area contributed by atoms with Crippen molar-refractivity contribution in [3.8, 4) is 0 Å². The van der Waals surface area contributed by atoms with Gasteiger partial charge in [-0.1, -0.05) is 68.4 Å². The van der Waals surface area contributed by atoms with E-state index in [-0.39, 0.29) is 0 Å². The normalized spacial score (nSPS) is 10.8. The molecule has 0 atom stereocenters. The lowest BCUT2D eigenvalue weighted by Crippen LogP contribution is -1.93. The summed E-state index contributed by atoms with van der Waals surface area (Å²) in [6, 6.07) is 19.7. The van der Waals surface area contributed by atoms with Crippen molar-refractivity contribution in [2.75, 3.05) is 0 Å². The maximum absolute atomic E-state index is 2.28. The predicted octanol–water partition coefficient (Wildman–Crippen LogP) is 4.87. The molecule has 0 aromatic heterocycles. The Balaban J connectivity index is 1.95. The first-order chi connectivity index (χ1) is 8.74. The molecule has 0 fully saturated rings. The number of aryl methyl sites for hydroxylation is 1. The summed E-state index contributed by atoms with van der Waals surface area (Å²) in [6.45, 7) is 4.56. The summed E-state index contributed by atoms with van der Waals surface area (Å²) >= 11 is 0. The van der Waals surface area contributed by atoms with Gasteiger partial charge >= 0.3 is 0 Å². The van der Waals surface area contributed by atoms with Crippen LogP contribution in [-0.4, -0.2) is 0 Å². The van der Waals surface area contributed by atoms with Gasteiger partial charge < -0.3 is 0 Å². The molecule has 0 N–H and O–H groups in total. The molecule has 0 saturated heterocycles. The Bertz CT molecular complexity index is 451. The van der Waals surface area contributed by atoms with Crippen molar-refractivity contribution in [2.24, 2.45) is 5.92 Å². The highest BCUT2D eigenvalue weighted by atomic mass is 14.0. The van der Waals surface area contributed by atoms with Crippen molar-refractivity contribution in [1.29, 1.82) is 0 Å². The molecular formula is C18H22. The molecule has 2 aromatic carbocycles. The highest BCUT2D eigenvalue weighted by Crippen LogP contribution is 2.13. The highest BCUT2D eigenvalue weighted by Gasteiger charge is 1.99. The summed E-state index contributed by atoms with van der Waals surface area (Å²) in [7, 11) is 0. The van der Waals surface area contributed by atoms with Crippen molar-refractivity contribution in [1.82, 2.24) is 0 Å². The minimum absolute atomic E-state index is 0.786. The Morgan fingerprint density at radius 1 is 0.722 bits per heavy atom. The van der Waals surface area contributed by atoms with Gasteiger partial charge in [0.15, 0.2) is 0 Å². The van der Waals surface area contributed by atoms with Gasteiger partial charge in [-0.2, -0.15) is 0 Å². The summed E-state index contributed by atoms with van der Waals surface area (Å²) in [4.78, 5) is 0. The third-order valence-electron chi connectivity index (χ3n) is 3.28. The van der Waals surface area contributed by atoms with Gasteiger partial charge in [-0.05, 0) is 41.9 Å². The Labute approximate surface area is 111 Å². The maximum atomic E-state index is 2.28. The number of benzene rings is 2. The van der Waals surface area contributed by atoms with Gasteiger partial charge in [0.1, 0.15) is 0 Å². The number of rotatable bonds is 5. The zero-order valence-corrected chi connectivity index (χ0v) is 11.4. The van der Waals surface area contributed by atoms with Crippen LogP contribution in [0.15, 0.2) is 54.6 Å². The monoisotopic (exact) mass is 238 g/mol. The Morgan fingerprint density at radius 3 is 1.89 bits per heavy atom. The van der Waals surface area contributed by atoms with E-state index in [1.165, 1.54) is 29.5 Å². The molecule has 0 aliphatic heterocycles. The van der Waals surface area contributed by atoms with E-state index in [4.69, 9.17) is 0 Å². The van der Waals surface area contributed by atoms with Crippen LogP contribution >= 0.6 is 0 Å². The van der Waals surface area contributed by atoms with Crippen LogP contribution in [0, 0.1) is 5.92 Å². The largest absolute Gasteiger partial charge is 0.0628 e. The molecule has 2 aromatic rings. The van der Waals surface area contributed by atoms with Crippen molar-refractivity contribution < 1.29 is 0 Å². The predicted molar refractivity (Wildman–Crippen MR) is 78.8 cm³/mol. The zero-order chi connectivity index (χ0) is 12.8. The summed E-state index contributed by atoms with van der Waals surface area (Å²) in [5.74, 6) is 0.786. The van der Waals surface area contributed by atoms with E-state index < -0.39 is 0 Å².